The van der Waals surface area contributed by atoms with E-state index in [-0.39, 0.29) is 0 Å². The Morgan fingerprint density at radius 2 is 1.88 bits per heavy atom. The molecule has 0 spiro atoms. The zero-order chi connectivity index (χ0) is 18.7. The molecular formula is C21H32ClN3S. The van der Waals surface area contributed by atoms with Gasteiger partial charge in [0.2, 0.25) is 0 Å². The Morgan fingerprint density at radius 1 is 1.19 bits per heavy atom. The summed E-state index contributed by atoms with van der Waals surface area (Å²) in [5.74, 6) is 0.834. The maximum atomic E-state index is 6.22. The van der Waals surface area contributed by atoms with Crippen molar-refractivity contribution >= 4 is 34.6 Å². The number of nitrogens with zero attached hydrogens (tertiary/aromatic N) is 2. The zero-order valence-electron chi connectivity index (χ0n) is 16.3. The van der Waals surface area contributed by atoms with Gasteiger partial charge in [0.05, 0.1) is 0 Å². The fourth-order valence-corrected chi connectivity index (χ4v) is 5.00. The second-order valence-electron chi connectivity index (χ2n) is 8.11. The van der Waals surface area contributed by atoms with Crippen LogP contribution in [0.15, 0.2) is 18.2 Å². The summed E-state index contributed by atoms with van der Waals surface area (Å²) in [6, 6.07) is 7.47. The largest absolute Gasteiger partial charge is 0.349 e. The number of aryl methyl sites for hydroxylation is 1. The van der Waals surface area contributed by atoms with Gasteiger partial charge in [-0.3, -0.25) is 0 Å². The molecule has 0 amide bonds. The molecule has 144 valence electrons. The molecule has 1 saturated carbocycles. The number of benzene rings is 1. The molecule has 0 bridgehead atoms. The summed E-state index contributed by atoms with van der Waals surface area (Å²) in [6.45, 7) is 6.50. The van der Waals surface area contributed by atoms with Crippen LogP contribution in [-0.2, 0) is 0 Å². The van der Waals surface area contributed by atoms with Gasteiger partial charge in [0.15, 0.2) is 5.11 Å². The van der Waals surface area contributed by atoms with E-state index in [2.05, 4.69) is 29.1 Å². The molecule has 5 heteroatoms. The highest BCUT2D eigenvalue weighted by atomic mass is 35.5. The predicted molar refractivity (Wildman–Crippen MR) is 116 cm³/mol. The first kappa shape index (κ1) is 19.9. The molecule has 1 aromatic rings. The van der Waals surface area contributed by atoms with Crippen LogP contribution in [0, 0.1) is 12.8 Å². The Balaban J connectivity index is 1.51. The Morgan fingerprint density at radius 3 is 2.54 bits per heavy atom. The van der Waals surface area contributed by atoms with E-state index in [1.807, 2.05) is 25.1 Å². The molecule has 1 saturated heterocycles. The molecule has 3 rings (SSSR count). The number of thiocarbonyl (C=S) groups is 1. The van der Waals surface area contributed by atoms with Crippen LogP contribution in [-0.4, -0.2) is 47.1 Å². The molecule has 2 fully saturated rings. The maximum Gasteiger partial charge on any atom is 0.173 e. The minimum Gasteiger partial charge on any atom is -0.349 e. The SMILES string of the molecule is Cc1ccc(NC(=S)N2CCC(N(C)[C@@H]3CCCC[C@H]3C)CC2)cc1Cl. The topological polar surface area (TPSA) is 18.5 Å². The normalized spacial score (nSPS) is 24.7. The minimum absolute atomic E-state index is 0.688. The van der Waals surface area contributed by atoms with Gasteiger partial charge in [-0.1, -0.05) is 37.4 Å². The van der Waals surface area contributed by atoms with Gasteiger partial charge in [-0.05, 0) is 75.5 Å². The first-order valence-electron chi connectivity index (χ1n) is 9.99. The number of nitrogens with one attached hydrogen (secondary N) is 1. The smallest absolute Gasteiger partial charge is 0.173 e. The van der Waals surface area contributed by atoms with Crippen LogP contribution in [0.5, 0.6) is 0 Å². The van der Waals surface area contributed by atoms with E-state index in [1.54, 1.807) is 0 Å². The maximum absolute atomic E-state index is 6.22. The van der Waals surface area contributed by atoms with Crippen molar-refractivity contribution in [2.75, 3.05) is 25.5 Å². The van der Waals surface area contributed by atoms with E-state index < -0.39 is 0 Å². The summed E-state index contributed by atoms with van der Waals surface area (Å²) in [7, 11) is 2.34. The number of anilines is 1. The van der Waals surface area contributed by atoms with Crippen LogP contribution in [0.1, 0.15) is 51.0 Å². The van der Waals surface area contributed by atoms with Gasteiger partial charge < -0.3 is 15.1 Å². The quantitative estimate of drug-likeness (QED) is 0.700. The first-order valence-corrected chi connectivity index (χ1v) is 10.8. The van der Waals surface area contributed by atoms with Crippen LogP contribution < -0.4 is 5.32 Å². The zero-order valence-corrected chi connectivity index (χ0v) is 17.9. The highest BCUT2D eigenvalue weighted by molar-refractivity contribution is 7.80. The fourth-order valence-electron chi connectivity index (χ4n) is 4.52. The second-order valence-corrected chi connectivity index (χ2v) is 8.90. The average Bonchev–Trinajstić information content (AvgIpc) is 2.65. The molecule has 0 radical (unpaired) electrons. The molecule has 26 heavy (non-hydrogen) atoms. The molecule has 1 N–H and O–H groups in total. The Bertz CT molecular complexity index is 628. The Hall–Kier alpha value is -0.840. The van der Waals surface area contributed by atoms with Crippen molar-refractivity contribution in [3.8, 4) is 0 Å². The van der Waals surface area contributed by atoms with Gasteiger partial charge in [-0.2, -0.15) is 0 Å². The van der Waals surface area contributed by atoms with Crippen molar-refractivity contribution < 1.29 is 0 Å². The average molecular weight is 394 g/mol. The molecule has 1 heterocycles. The van der Waals surface area contributed by atoms with Gasteiger partial charge in [-0.25, -0.2) is 0 Å². The number of hydrogen-bond donors (Lipinski definition) is 1. The van der Waals surface area contributed by atoms with Gasteiger partial charge >= 0.3 is 0 Å². The highest BCUT2D eigenvalue weighted by Gasteiger charge is 2.31. The van der Waals surface area contributed by atoms with Crippen LogP contribution in [0.25, 0.3) is 0 Å². The van der Waals surface area contributed by atoms with Crippen molar-refractivity contribution in [1.82, 2.24) is 9.80 Å². The van der Waals surface area contributed by atoms with Crippen molar-refractivity contribution in [2.24, 2.45) is 5.92 Å². The molecule has 0 aromatic heterocycles. The monoisotopic (exact) mass is 393 g/mol. The van der Waals surface area contributed by atoms with Crippen LogP contribution in [0.2, 0.25) is 5.02 Å². The van der Waals surface area contributed by atoms with E-state index >= 15 is 0 Å². The van der Waals surface area contributed by atoms with E-state index in [0.717, 1.165) is 46.4 Å². The molecule has 0 unspecified atom stereocenters. The number of rotatable bonds is 3. The lowest BCUT2D eigenvalue weighted by Crippen LogP contribution is -2.51. The third-order valence-corrected chi connectivity index (χ3v) is 7.11. The summed E-state index contributed by atoms with van der Waals surface area (Å²) in [5.41, 5.74) is 2.06. The van der Waals surface area contributed by atoms with Gasteiger partial charge in [0.1, 0.15) is 0 Å². The van der Waals surface area contributed by atoms with E-state index in [4.69, 9.17) is 23.8 Å². The van der Waals surface area contributed by atoms with Gasteiger partial charge in [0.25, 0.3) is 0 Å². The lowest BCUT2D eigenvalue weighted by Gasteiger charge is -2.44. The standard InChI is InChI=1S/C21H32ClN3S/c1-15-8-9-17(14-19(15)22)23-21(26)25-12-10-18(11-13-25)24(3)20-7-5-4-6-16(20)2/h8-9,14,16,18,20H,4-7,10-13H2,1-3H3,(H,23,26)/t16-,20-/m1/s1. The number of piperidine rings is 1. The van der Waals surface area contributed by atoms with E-state index in [9.17, 15) is 0 Å². The molecule has 1 aliphatic carbocycles. The van der Waals surface area contributed by atoms with Crippen molar-refractivity contribution in [3.63, 3.8) is 0 Å². The van der Waals surface area contributed by atoms with Crippen LogP contribution in [0.4, 0.5) is 5.69 Å². The first-order chi connectivity index (χ1) is 12.5. The van der Waals surface area contributed by atoms with E-state index in [1.165, 1.54) is 38.5 Å². The van der Waals surface area contributed by atoms with E-state index in [0.29, 0.717) is 6.04 Å². The summed E-state index contributed by atoms with van der Waals surface area (Å²) >= 11 is 11.9. The number of hydrogen-bond acceptors (Lipinski definition) is 2. The number of halogens is 1. The summed E-state index contributed by atoms with van der Waals surface area (Å²) < 4.78 is 0. The van der Waals surface area contributed by atoms with Crippen molar-refractivity contribution in [2.45, 2.75) is 64.5 Å². The summed E-state index contributed by atoms with van der Waals surface area (Å²) in [6.07, 6.45) is 7.94. The lowest BCUT2D eigenvalue weighted by molar-refractivity contribution is 0.0691. The highest BCUT2D eigenvalue weighted by Crippen LogP contribution is 2.30. The summed E-state index contributed by atoms with van der Waals surface area (Å²) in [5, 5.41) is 4.95. The Labute approximate surface area is 169 Å². The molecule has 1 aliphatic heterocycles. The molecule has 1 aromatic carbocycles. The fraction of sp³-hybridized carbons (Fsp3) is 0.667. The van der Waals surface area contributed by atoms with Crippen LogP contribution >= 0.6 is 23.8 Å². The number of likely N-dealkylation sites (tertiary alicyclic amines) is 1. The molecule has 2 aliphatic rings. The molecule has 3 nitrogen and oxygen atoms in total. The van der Waals surface area contributed by atoms with Gasteiger partial charge in [-0.15, -0.1) is 0 Å². The summed E-state index contributed by atoms with van der Waals surface area (Å²) in [4.78, 5) is 4.98. The molecule has 2 atom stereocenters. The predicted octanol–water partition coefficient (Wildman–Crippen LogP) is 5.32. The third kappa shape index (κ3) is 4.71. The Kier molecular flexibility index (Phi) is 6.81. The second kappa shape index (κ2) is 8.90. The van der Waals surface area contributed by atoms with Crippen molar-refractivity contribution in [1.29, 1.82) is 0 Å². The minimum atomic E-state index is 0.688. The van der Waals surface area contributed by atoms with Crippen LogP contribution in [0.3, 0.4) is 0 Å². The lowest BCUT2D eigenvalue weighted by atomic mass is 9.84. The molecular weight excluding hydrogens is 362 g/mol. The third-order valence-electron chi connectivity index (χ3n) is 6.34. The van der Waals surface area contributed by atoms with Crippen molar-refractivity contribution in [3.05, 3.63) is 28.8 Å². The van der Waals surface area contributed by atoms with Gasteiger partial charge in [0, 0.05) is 35.9 Å².